The zero-order chi connectivity index (χ0) is 23.3. The molecule has 2 aromatic carbocycles. The van der Waals surface area contributed by atoms with Crippen LogP contribution in [0.5, 0.6) is 0 Å². The number of rotatable bonds is 5. The van der Waals surface area contributed by atoms with Crippen LogP contribution in [0.2, 0.25) is 15.1 Å². The number of hydrogen-bond acceptors (Lipinski definition) is 2. The molecule has 0 spiro atoms. The Hall–Kier alpha value is -1.80. The van der Waals surface area contributed by atoms with Crippen molar-refractivity contribution in [3.8, 4) is 0 Å². The highest BCUT2D eigenvalue weighted by molar-refractivity contribution is 7.80. The molecule has 2 rings (SSSR count). The monoisotopic (exact) mass is 508 g/mol. The van der Waals surface area contributed by atoms with Crippen LogP contribution in [0.3, 0.4) is 0 Å². The normalized spacial score (nSPS) is 12.6. The van der Waals surface area contributed by atoms with Crippen LogP contribution in [0.1, 0.15) is 40.7 Å². The molecule has 0 heterocycles. The summed E-state index contributed by atoms with van der Waals surface area (Å²) in [6.45, 7) is 1.87. The molecule has 166 valence electrons. The SMILES string of the molecule is CCC(=S)N(C)NC(=O)c1ccc(C=CC(c2cc(Cl)c(Cl)c(Cl)c2)C(F)(F)F)cc1. The fraction of sp³-hybridized carbons (Fsp3) is 0.238. The average Bonchev–Trinajstić information content (AvgIpc) is 2.70. The van der Waals surface area contributed by atoms with Crippen LogP contribution in [-0.2, 0) is 0 Å². The first kappa shape index (κ1) is 25.5. The molecular formula is C21H18Cl3F3N2OS. The summed E-state index contributed by atoms with van der Waals surface area (Å²) in [6.07, 6.45) is -1.66. The van der Waals surface area contributed by atoms with E-state index < -0.39 is 12.1 Å². The Morgan fingerprint density at radius 1 is 1.16 bits per heavy atom. The third kappa shape index (κ3) is 6.84. The second kappa shape index (κ2) is 10.7. The standard InChI is InChI=1S/C21H18Cl3F3N2OS/c1-3-18(31)29(2)28-20(30)13-7-4-12(5-8-13)6-9-15(21(25,26)27)14-10-16(22)19(24)17(23)11-14/h4-11,15H,3H2,1-2H3,(H,28,30). The third-order valence-corrected chi connectivity index (χ3v) is 6.08. The molecular weight excluding hydrogens is 492 g/mol. The highest BCUT2D eigenvalue weighted by atomic mass is 35.5. The predicted molar refractivity (Wildman–Crippen MR) is 124 cm³/mol. The maximum absolute atomic E-state index is 13.6. The van der Waals surface area contributed by atoms with E-state index in [1.165, 1.54) is 23.2 Å². The molecule has 0 radical (unpaired) electrons. The quantitative estimate of drug-likeness (QED) is 0.260. The highest BCUT2D eigenvalue weighted by Crippen LogP contribution is 2.41. The minimum atomic E-state index is -4.57. The van der Waals surface area contributed by atoms with Gasteiger partial charge in [-0.25, -0.2) is 0 Å². The Kier molecular flexibility index (Phi) is 8.77. The van der Waals surface area contributed by atoms with Gasteiger partial charge in [-0.05, 0) is 41.8 Å². The van der Waals surface area contributed by atoms with E-state index in [9.17, 15) is 18.0 Å². The molecule has 0 aliphatic rings. The number of thiocarbonyl (C=S) groups is 1. The van der Waals surface area contributed by atoms with Crippen LogP contribution in [-0.4, -0.2) is 29.1 Å². The van der Waals surface area contributed by atoms with Gasteiger partial charge in [-0.2, -0.15) is 13.2 Å². The van der Waals surface area contributed by atoms with E-state index in [1.54, 1.807) is 19.2 Å². The molecule has 0 aromatic heterocycles. The van der Waals surface area contributed by atoms with Crippen molar-refractivity contribution in [1.29, 1.82) is 0 Å². The molecule has 3 nitrogen and oxygen atoms in total. The fourth-order valence-corrected chi connectivity index (χ4v) is 3.29. The Morgan fingerprint density at radius 2 is 1.71 bits per heavy atom. The van der Waals surface area contributed by atoms with Gasteiger partial charge in [0, 0.05) is 12.6 Å². The van der Waals surface area contributed by atoms with Crippen molar-refractivity contribution in [2.45, 2.75) is 25.4 Å². The van der Waals surface area contributed by atoms with Crippen molar-refractivity contribution in [1.82, 2.24) is 10.4 Å². The highest BCUT2D eigenvalue weighted by Gasteiger charge is 2.39. The molecule has 0 bridgehead atoms. The minimum Gasteiger partial charge on any atom is -0.282 e. The molecule has 0 saturated carbocycles. The van der Waals surface area contributed by atoms with E-state index in [-0.39, 0.29) is 26.5 Å². The topological polar surface area (TPSA) is 32.3 Å². The van der Waals surface area contributed by atoms with Crippen molar-refractivity contribution in [2.24, 2.45) is 0 Å². The van der Waals surface area contributed by atoms with E-state index in [0.717, 1.165) is 18.2 Å². The summed E-state index contributed by atoms with van der Waals surface area (Å²) in [6, 6.07) is 8.39. The zero-order valence-corrected chi connectivity index (χ0v) is 19.5. The zero-order valence-electron chi connectivity index (χ0n) is 16.4. The van der Waals surface area contributed by atoms with Gasteiger partial charge in [-0.15, -0.1) is 0 Å². The first-order chi connectivity index (χ1) is 14.4. The van der Waals surface area contributed by atoms with Crippen LogP contribution in [0, 0.1) is 0 Å². The number of benzene rings is 2. The Bertz CT molecular complexity index is 971. The lowest BCUT2D eigenvalue weighted by Gasteiger charge is -2.20. The van der Waals surface area contributed by atoms with E-state index in [4.69, 9.17) is 47.0 Å². The summed E-state index contributed by atoms with van der Waals surface area (Å²) in [4.78, 5) is 12.8. The second-order valence-corrected chi connectivity index (χ2v) is 8.21. The third-order valence-electron chi connectivity index (χ3n) is 4.32. The van der Waals surface area contributed by atoms with Crippen LogP contribution >= 0.6 is 47.0 Å². The van der Waals surface area contributed by atoms with Crippen LogP contribution in [0.15, 0.2) is 42.5 Å². The number of hydrogen-bond donors (Lipinski definition) is 1. The largest absolute Gasteiger partial charge is 0.399 e. The summed E-state index contributed by atoms with van der Waals surface area (Å²) in [5.74, 6) is -2.32. The Balaban J connectivity index is 2.22. The van der Waals surface area contributed by atoms with Crippen molar-refractivity contribution < 1.29 is 18.0 Å². The van der Waals surface area contributed by atoms with E-state index >= 15 is 0 Å². The number of carbonyl (C=O) groups is 1. The molecule has 1 unspecified atom stereocenters. The number of halogens is 6. The van der Waals surface area contributed by atoms with Crippen molar-refractivity contribution in [2.75, 3.05) is 7.05 Å². The van der Waals surface area contributed by atoms with Gasteiger partial charge in [0.25, 0.3) is 5.91 Å². The molecule has 1 amide bonds. The number of hydrazine groups is 1. The Labute approximate surface area is 198 Å². The summed E-state index contributed by atoms with van der Waals surface area (Å²) in [5.41, 5.74) is 3.31. The van der Waals surface area contributed by atoms with Crippen molar-refractivity contribution in [3.63, 3.8) is 0 Å². The van der Waals surface area contributed by atoms with Crippen molar-refractivity contribution >= 4 is 64.0 Å². The lowest BCUT2D eigenvalue weighted by Crippen LogP contribution is -2.42. The van der Waals surface area contributed by atoms with Gasteiger partial charge in [0.15, 0.2) is 0 Å². The molecule has 1 N–H and O–H groups in total. The van der Waals surface area contributed by atoms with E-state index in [1.807, 2.05) is 6.92 Å². The maximum Gasteiger partial charge on any atom is 0.399 e. The van der Waals surface area contributed by atoms with Crippen LogP contribution < -0.4 is 5.43 Å². The lowest BCUT2D eigenvalue weighted by atomic mass is 9.97. The van der Waals surface area contributed by atoms with Crippen molar-refractivity contribution in [3.05, 3.63) is 74.2 Å². The number of nitrogens with zero attached hydrogens (tertiary/aromatic N) is 1. The molecule has 10 heteroatoms. The summed E-state index contributed by atoms with van der Waals surface area (Å²) >= 11 is 22.7. The molecule has 31 heavy (non-hydrogen) atoms. The van der Waals surface area contributed by atoms with Gasteiger partial charge in [-0.3, -0.25) is 15.2 Å². The lowest BCUT2D eigenvalue weighted by molar-refractivity contribution is -0.139. The van der Waals surface area contributed by atoms with Gasteiger partial charge >= 0.3 is 6.18 Å². The van der Waals surface area contributed by atoms with Gasteiger partial charge in [0.1, 0.15) is 0 Å². The smallest absolute Gasteiger partial charge is 0.282 e. The minimum absolute atomic E-state index is 0.00352. The van der Waals surface area contributed by atoms with Gasteiger partial charge in [-0.1, -0.05) is 78.2 Å². The average molecular weight is 510 g/mol. The molecule has 0 fully saturated rings. The van der Waals surface area contributed by atoms with E-state index in [2.05, 4.69) is 5.43 Å². The summed E-state index contributed by atoms with van der Waals surface area (Å²) in [7, 11) is 1.63. The Morgan fingerprint density at radius 3 is 2.19 bits per heavy atom. The van der Waals surface area contributed by atoms with Crippen LogP contribution in [0.25, 0.3) is 6.08 Å². The van der Waals surface area contributed by atoms with Crippen LogP contribution in [0.4, 0.5) is 13.2 Å². The molecule has 0 aliphatic carbocycles. The molecule has 0 aliphatic heterocycles. The molecule has 2 aromatic rings. The first-order valence-corrected chi connectivity index (χ1v) is 10.5. The number of nitrogens with one attached hydrogen (secondary N) is 1. The van der Waals surface area contributed by atoms with Gasteiger partial charge < -0.3 is 0 Å². The van der Waals surface area contributed by atoms with Gasteiger partial charge in [0.05, 0.1) is 26.0 Å². The predicted octanol–water partition coefficient (Wildman–Crippen LogP) is 7.32. The summed E-state index contributed by atoms with van der Waals surface area (Å²) in [5, 5.41) is 1.32. The number of allylic oxidation sites excluding steroid dienone is 1. The first-order valence-electron chi connectivity index (χ1n) is 9.01. The summed E-state index contributed by atoms with van der Waals surface area (Å²) < 4.78 is 40.9. The second-order valence-electron chi connectivity index (χ2n) is 6.55. The van der Waals surface area contributed by atoms with Gasteiger partial charge in [0.2, 0.25) is 0 Å². The molecule has 1 atom stereocenters. The maximum atomic E-state index is 13.6. The number of amides is 1. The van der Waals surface area contributed by atoms with E-state index in [0.29, 0.717) is 22.5 Å². The number of carbonyl (C=O) groups excluding carboxylic acids is 1. The molecule has 0 saturated heterocycles. The fourth-order valence-electron chi connectivity index (χ4n) is 2.63. The number of alkyl halides is 3.